The number of anilines is 1. The molecule has 9 heteroatoms. The highest BCUT2D eigenvalue weighted by molar-refractivity contribution is 7.93. The fourth-order valence-electron chi connectivity index (χ4n) is 1.71. The smallest absolute Gasteiger partial charge is 0.349 e. The molecule has 2 rings (SSSR count). The van der Waals surface area contributed by atoms with Gasteiger partial charge in [-0.2, -0.15) is 0 Å². The predicted molar refractivity (Wildman–Crippen MR) is 84.5 cm³/mol. The van der Waals surface area contributed by atoms with E-state index in [-0.39, 0.29) is 15.5 Å². The lowest BCUT2D eigenvalue weighted by atomic mass is 10.3. The lowest BCUT2D eigenvalue weighted by Crippen LogP contribution is -2.16. The Bertz CT molecular complexity index is 801. The summed E-state index contributed by atoms with van der Waals surface area (Å²) in [5, 5.41) is 1.84. The summed E-state index contributed by atoms with van der Waals surface area (Å²) >= 11 is 6.85. The monoisotopic (exact) mass is 361 g/mol. The largest absolute Gasteiger partial charge is 0.495 e. The Morgan fingerprint density at radius 3 is 2.64 bits per heavy atom. The molecule has 0 atom stereocenters. The summed E-state index contributed by atoms with van der Waals surface area (Å²) in [5.74, 6) is -0.406. The quantitative estimate of drug-likeness (QED) is 0.828. The van der Waals surface area contributed by atoms with Crippen molar-refractivity contribution in [1.29, 1.82) is 0 Å². The zero-order chi connectivity index (χ0) is 16.3. The molecule has 1 aromatic heterocycles. The minimum atomic E-state index is -3.98. The van der Waals surface area contributed by atoms with Gasteiger partial charge in [0.25, 0.3) is 10.0 Å². The molecule has 0 aliphatic carbocycles. The van der Waals surface area contributed by atoms with Crippen LogP contribution in [0, 0.1) is 0 Å². The van der Waals surface area contributed by atoms with Gasteiger partial charge in [0.05, 0.1) is 19.9 Å². The summed E-state index contributed by atoms with van der Waals surface area (Å²) in [4.78, 5) is 11.5. The number of benzene rings is 1. The fourth-order valence-corrected chi connectivity index (χ4v) is 4.28. The standard InChI is InChI=1S/C13H12ClNO5S2/c1-19-10-4-3-8(14)7-9(10)15-22(17,18)11-5-6-21-12(11)13(16)20-2/h3-7,15H,1-2H3. The van der Waals surface area contributed by atoms with Gasteiger partial charge in [-0.15, -0.1) is 11.3 Å². The molecule has 1 aromatic carbocycles. The Kier molecular flexibility index (Phi) is 4.94. The van der Waals surface area contributed by atoms with Gasteiger partial charge in [0.1, 0.15) is 15.5 Å². The van der Waals surface area contributed by atoms with E-state index in [2.05, 4.69) is 9.46 Å². The second-order valence-corrected chi connectivity index (χ2v) is 7.06. The number of sulfonamides is 1. The van der Waals surface area contributed by atoms with Gasteiger partial charge in [0, 0.05) is 5.02 Å². The number of methoxy groups -OCH3 is 2. The normalized spacial score (nSPS) is 11.0. The molecule has 118 valence electrons. The average molecular weight is 362 g/mol. The van der Waals surface area contributed by atoms with Crippen molar-refractivity contribution >= 4 is 44.6 Å². The van der Waals surface area contributed by atoms with E-state index in [0.717, 1.165) is 11.3 Å². The van der Waals surface area contributed by atoms with Crippen LogP contribution >= 0.6 is 22.9 Å². The number of rotatable bonds is 5. The first-order valence-corrected chi connectivity index (χ1v) is 8.65. The summed E-state index contributed by atoms with van der Waals surface area (Å²) < 4.78 is 37.0. The molecule has 0 saturated carbocycles. The van der Waals surface area contributed by atoms with Crippen molar-refractivity contribution in [1.82, 2.24) is 0 Å². The van der Waals surface area contributed by atoms with Crippen molar-refractivity contribution in [2.45, 2.75) is 4.90 Å². The van der Waals surface area contributed by atoms with Gasteiger partial charge in [0.15, 0.2) is 0 Å². The summed E-state index contributed by atoms with van der Waals surface area (Å²) in [6, 6.07) is 5.86. The van der Waals surface area contributed by atoms with Gasteiger partial charge in [-0.3, -0.25) is 4.72 Å². The zero-order valence-electron chi connectivity index (χ0n) is 11.6. The maximum absolute atomic E-state index is 12.5. The van der Waals surface area contributed by atoms with E-state index >= 15 is 0 Å². The number of hydrogen-bond donors (Lipinski definition) is 1. The molecule has 0 spiro atoms. The van der Waals surface area contributed by atoms with Gasteiger partial charge in [-0.25, -0.2) is 13.2 Å². The number of nitrogens with one attached hydrogen (secondary N) is 1. The van der Waals surface area contributed by atoms with Crippen molar-refractivity contribution in [3.63, 3.8) is 0 Å². The van der Waals surface area contributed by atoms with Gasteiger partial charge in [0.2, 0.25) is 0 Å². The molecule has 0 saturated heterocycles. The third-order valence-electron chi connectivity index (χ3n) is 2.70. The van der Waals surface area contributed by atoms with Crippen LogP contribution in [0.1, 0.15) is 9.67 Å². The molecule has 0 bridgehead atoms. The van der Waals surface area contributed by atoms with Crippen LogP contribution in [0.4, 0.5) is 5.69 Å². The first kappa shape index (κ1) is 16.6. The number of carbonyl (C=O) groups excluding carboxylic acids is 1. The Labute approximate surface area is 136 Å². The van der Waals surface area contributed by atoms with E-state index in [1.165, 1.54) is 37.8 Å². The molecule has 0 aliphatic rings. The van der Waals surface area contributed by atoms with Gasteiger partial charge < -0.3 is 9.47 Å². The molecule has 0 unspecified atom stereocenters. The first-order valence-electron chi connectivity index (χ1n) is 5.91. The van der Waals surface area contributed by atoms with Crippen LogP contribution < -0.4 is 9.46 Å². The van der Waals surface area contributed by atoms with Crippen LogP contribution in [0.3, 0.4) is 0 Å². The number of esters is 1. The highest BCUT2D eigenvalue weighted by Crippen LogP contribution is 2.31. The van der Waals surface area contributed by atoms with E-state index in [1.807, 2.05) is 0 Å². The predicted octanol–water partition coefficient (Wildman–Crippen LogP) is 3.00. The molecule has 22 heavy (non-hydrogen) atoms. The van der Waals surface area contributed by atoms with Crippen molar-refractivity contribution in [2.75, 3.05) is 18.9 Å². The average Bonchev–Trinajstić information content (AvgIpc) is 2.96. The third kappa shape index (κ3) is 3.34. The molecule has 0 aliphatic heterocycles. The highest BCUT2D eigenvalue weighted by Gasteiger charge is 2.25. The minimum absolute atomic E-state index is 0.00371. The van der Waals surface area contributed by atoms with E-state index in [9.17, 15) is 13.2 Å². The van der Waals surface area contributed by atoms with Crippen LogP contribution in [0.15, 0.2) is 34.5 Å². The van der Waals surface area contributed by atoms with Crippen LogP contribution in [-0.2, 0) is 14.8 Å². The zero-order valence-corrected chi connectivity index (χ0v) is 14.0. The molecular formula is C13H12ClNO5S2. The Morgan fingerprint density at radius 2 is 2.00 bits per heavy atom. The molecule has 2 aromatic rings. The topological polar surface area (TPSA) is 81.7 Å². The molecule has 6 nitrogen and oxygen atoms in total. The Morgan fingerprint density at radius 1 is 1.27 bits per heavy atom. The number of halogens is 1. The molecular weight excluding hydrogens is 350 g/mol. The number of carbonyl (C=O) groups is 1. The molecule has 0 amide bonds. The van der Waals surface area contributed by atoms with E-state index < -0.39 is 16.0 Å². The maximum atomic E-state index is 12.5. The minimum Gasteiger partial charge on any atom is -0.495 e. The summed E-state index contributed by atoms with van der Waals surface area (Å²) in [5.41, 5.74) is 0.178. The second kappa shape index (κ2) is 6.55. The Hall–Kier alpha value is -1.77. The molecule has 0 radical (unpaired) electrons. The summed E-state index contributed by atoms with van der Waals surface area (Å²) in [7, 11) is -1.39. The molecule has 1 N–H and O–H groups in total. The Balaban J connectivity index is 2.43. The number of hydrogen-bond acceptors (Lipinski definition) is 6. The lowest BCUT2D eigenvalue weighted by molar-refractivity contribution is 0.0602. The van der Waals surface area contributed by atoms with E-state index in [0.29, 0.717) is 10.8 Å². The molecule has 0 fully saturated rings. The van der Waals surface area contributed by atoms with Crippen molar-refractivity contribution < 1.29 is 22.7 Å². The SMILES string of the molecule is COC(=O)c1sccc1S(=O)(=O)Nc1cc(Cl)ccc1OC. The maximum Gasteiger partial charge on any atom is 0.349 e. The highest BCUT2D eigenvalue weighted by atomic mass is 35.5. The van der Waals surface area contributed by atoms with Gasteiger partial charge in [-0.1, -0.05) is 11.6 Å². The van der Waals surface area contributed by atoms with Crippen molar-refractivity contribution in [2.24, 2.45) is 0 Å². The van der Waals surface area contributed by atoms with Crippen molar-refractivity contribution in [3.05, 3.63) is 39.5 Å². The van der Waals surface area contributed by atoms with E-state index in [1.54, 1.807) is 6.07 Å². The molecule has 1 heterocycles. The third-order valence-corrected chi connectivity index (χ3v) is 5.36. The first-order chi connectivity index (χ1) is 10.4. The number of thiophene rings is 1. The van der Waals surface area contributed by atoms with Crippen LogP contribution in [0.5, 0.6) is 5.75 Å². The van der Waals surface area contributed by atoms with Gasteiger partial charge in [-0.05, 0) is 29.6 Å². The van der Waals surface area contributed by atoms with Crippen LogP contribution in [0.2, 0.25) is 5.02 Å². The van der Waals surface area contributed by atoms with Crippen LogP contribution in [-0.4, -0.2) is 28.6 Å². The fraction of sp³-hybridized carbons (Fsp3) is 0.154. The van der Waals surface area contributed by atoms with Gasteiger partial charge >= 0.3 is 5.97 Å². The van der Waals surface area contributed by atoms with E-state index in [4.69, 9.17) is 16.3 Å². The van der Waals surface area contributed by atoms with Crippen LogP contribution in [0.25, 0.3) is 0 Å². The lowest BCUT2D eigenvalue weighted by Gasteiger charge is -2.12. The van der Waals surface area contributed by atoms with Crippen molar-refractivity contribution in [3.8, 4) is 5.75 Å². The number of ether oxygens (including phenoxy) is 2. The second-order valence-electron chi connectivity index (χ2n) is 4.06. The summed E-state index contributed by atoms with van der Waals surface area (Å²) in [6.45, 7) is 0. The summed E-state index contributed by atoms with van der Waals surface area (Å²) in [6.07, 6.45) is 0.